The Balaban J connectivity index is 1.96. The fourth-order valence-electron chi connectivity index (χ4n) is 4.37. The lowest BCUT2D eigenvalue weighted by Gasteiger charge is -2.29. The van der Waals surface area contributed by atoms with Crippen LogP contribution in [0.1, 0.15) is 51.8 Å². The van der Waals surface area contributed by atoms with Crippen molar-refractivity contribution >= 4 is 50.9 Å². The summed E-state index contributed by atoms with van der Waals surface area (Å²) in [7, 11) is 0. The fourth-order valence-corrected chi connectivity index (χ4v) is 5.91. The van der Waals surface area contributed by atoms with E-state index in [1.54, 1.807) is 21.6 Å². The molecule has 9 heteroatoms. The van der Waals surface area contributed by atoms with Gasteiger partial charge < -0.3 is 9.64 Å². The van der Waals surface area contributed by atoms with Gasteiger partial charge in [0.25, 0.3) is 11.5 Å². The monoisotopic (exact) mass is 601 g/mol. The third-order valence-electron chi connectivity index (χ3n) is 6.11. The molecular weight excluding hydrogens is 574 g/mol. The number of halogens is 2. The Morgan fingerprint density at radius 1 is 1.22 bits per heavy atom. The fraction of sp³-hybridized carbons (Fsp3) is 0.321. The Morgan fingerprint density at radius 3 is 2.51 bits per heavy atom. The van der Waals surface area contributed by atoms with E-state index < -0.39 is 6.04 Å². The van der Waals surface area contributed by atoms with Crippen LogP contribution in [0.3, 0.4) is 0 Å². The van der Waals surface area contributed by atoms with Crippen molar-refractivity contribution in [3.05, 3.63) is 94.0 Å². The Bertz CT molecular complexity index is 1540. The molecule has 0 saturated heterocycles. The van der Waals surface area contributed by atoms with Gasteiger partial charge in [-0.1, -0.05) is 51.0 Å². The molecule has 0 aliphatic carbocycles. The first-order valence-electron chi connectivity index (χ1n) is 12.2. The lowest BCUT2D eigenvalue weighted by molar-refractivity contribution is -0.127. The van der Waals surface area contributed by atoms with Crippen LogP contribution in [0.5, 0.6) is 5.75 Å². The zero-order chi connectivity index (χ0) is 26.9. The molecule has 0 fully saturated rings. The van der Waals surface area contributed by atoms with Crippen molar-refractivity contribution in [3.63, 3.8) is 0 Å². The van der Waals surface area contributed by atoms with E-state index in [-0.39, 0.29) is 17.6 Å². The second-order valence-electron chi connectivity index (χ2n) is 8.96. The number of ether oxygens (including phenoxy) is 1. The largest absolute Gasteiger partial charge is 0.490 e. The van der Waals surface area contributed by atoms with Crippen molar-refractivity contribution in [2.24, 2.45) is 4.99 Å². The van der Waals surface area contributed by atoms with E-state index in [1.165, 1.54) is 11.3 Å². The summed E-state index contributed by atoms with van der Waals surface area (Å²) in [5.41, 5.74) is 2.48. The highest BCUT2D eigenvalue weighted by Gasteiger charge is 2.34. The van der Waals surface area contributed by atoms with Crippen LogP contribution < -0.4 is 19.6 Å². The van der Waals surface area contributed by atoms with Gasteiger partial charge in [-0.3, -0.25) is 14.2 Å². The van der Waals surface area contributed by atoms with E-state index >= 15 is 0 Å². The van der Waals surface area contributed by atoms with Gasteiger partial charge in [0.15, 0.2) is 4.80 Å². The lowest BCUT2D eigenvalue weighted by atomic mass is 9.94. The zero-order valence-electron chi connectivity index (χ0n) is 21.4. The number of hydrogen-bond acceptors (Lipinski definition) is 5. The predicted molar refractivity (Wildman–Crippen MR) is 153 cm³/mol. The van der Waals surface area contributed by atoms with Gasteiger partial charge in [-0.25, -0.2) is 4.99 Å². The summed E-state index contributed by atoms with van der Waals surface area (Å²) in [5, 5.41) is 0.584. The Morgan fingerprint density at radius 2 is 1.89 bits per heavy atom. The van der Waals surface area contributed by atoms with Gasteiger partial charge in [0.2, 0.25) is 0 Å². The average Bonchev–Trinajstić information content (AvgIpc) is 3.15. The maximum atomic E-state index is 13.9. The molecule has 194 valence electrons. The molecular formula is C28H29BrClN3O3S. The van der Waals surface area contributed by atoms with Crippen molar-refractivity contribution in [3.8, 4) is 5.75 Å². The lowest BCUT2D eigenvalue weighted by Crippen LogP contribution is -2.43. The van der Waals surface area contributed by atoms with Crippen molar-refractivity contribution in [1.82, 2.24) is 9.47 Å². The number of benzene rings is 2. The van der Waals surface area contributed by atoms with Gasteiger partial charge in [0.1, 0.15) is 5.75 Å². The maximum absolute atomic E-state index is 13.9. The van der Waals surface area contributed by atoms with Gasteiger partial charge in [-0.15, -0.1) is 0 Å². The van der Waals surface area contributed by atoms with Gasteiger partial charge >= 0.3 is 0 Å². The summed E-state index contributed by atoms with van der Waals surface area (Å²) < 4.78 is 9.00. The normalized spacial score (nSPS) is 15.6. The van der Waals surface area contributed by atoms with E-state index in [2.05, 4.69) is 15.9 Å². The molecule has 0 unspecified atom stereocenters. The molecule has 0 N–H and O–H groups in total. The highest BCUT2D eigenvalue weighted by atomic mass is 79.9. The van der Waals surface area contributed by atoms with Crippen LogP contribution in [0.4, 0.5) is 0 Å². The number of nitrogens with zero attached hydrogens (tertiary/aromatic N) is 3. The van der Waals surface area contributed by atoms with Crippen LogP contribution in [-0.4, -0.2) is 34.6 Å². The summed E-state index contributed by atoms with van der Waals surface area (Å²) >= 11 is 11.0. The molecule has 0 bridgehead atoms. The Kier molecular flexibility index (Phi) is 8.41. The number of hydrogen-bond donors (Lipinski definition) is 0. The first kappa shape index (κ1) is 27.4. The maximum Gasteiger partial charge on any atom is 0.271 e. The van der Waals surface area contributed by atoms with Gasteiger partial charge in [0, 0.05) is 28.1 Å². The summed E-state index contributed by atoms with van der Waals surface area (Å²) in [5.74, 6) is 0.562. The number of fused-ring (bicyclic) bond motifs is 1. The topological polar surface area (TPSA) is 63.9 Å². The number of aromatic nitrogens is 1. The smallest absolute Gasteiger partial charge is 0.271 e. The highest BCUT2D eigenvalue weighted by Crippen LogP contribution is 2.32. The first-order chi connectivity index (χ1) is 17.6. The summed E-state index contributed by atoms with van der Waals surface area (Å²) in [6.07, 6.45) is 1.81. The second-order valence-corrected chi connectivity index (χ2v) is 11.3. The molecule has 0 spiro atoms. The molecule has 3 aromatic rings. The van der Waals surface area contributed by atoms with Crippen molar-refractivity contribution in [2.75, 3.05) is 13.1 Å². The SMILES string of the molecule is CCN(CC)C(=O)C1=C(C)N=c2s/c(=C\c3cc(Br)ccc3OC(C)C)c(=O)n2[C@H]1c1ccc(Cl)cc1. The van der Waals surface area contributed by atoms with Gasteiger partial charge in [-0.05, 0) is 76.6 Å². The number of carbonyl (C=O) groups excluding carboxylic acids is 1. The Labute approximate surface area is 233 Å². The summed E-state index contributed by atoms with van der Waals surface area (Å²) in [6, 6.07) is 12.4. The molecule has 1 atom stereocenters. The molecule has 2 aromatic carbocycles. The predicted octanol–water partition coefficient (Wildman–Crippen LogP) is 5.31. The number of carbonyl (C=O) groups is 1. The van der Waals surface area contributed by atoms with Crippen molar-refractivity contribution < 1.29 is 9.53 Å². The number of thiazole rings is 1. The highest BCUT2D eigenvalue weighted by molar-refractivity contribution is 9.10. The molecule has 0 saturated carbocycles. The molecule has 1 aliphatic rings. The third kappa shape index (κ3) is 5.61. The minimum Gasteiger partial charge on any atom is -0.490 e. The van der Waals surface area contributed by atoms with Crippen LogP contribution in [0, 0.1) is 0 Å². The summed E-state index contributed by atoms with van der Waals surface area (Å²) in [6.45, 7) is 10.8. The number of allylic oxidation sites excluding steroid dienone is 1. The molecule has 37 heavy (non-hydrogen) atoms. The molecule has 1 amide bonds. The third-order valence-corrected chi connectivity index (χ3v) is 7.84. The van der Waals surface area contributed by atoms with E-state index in [0.29, 0.717) is 44.5 Å². The van der Waals surface area contributed by atoms with E-state index in [4.69, 9.17) is 21.3 Å². The van der Waals surface area contributed by atoms with Crippen LogP contribution in [-0.2, 0) is 4.79 Å². The standard InChI is InChI=1S/C28H29BrClN3O3S/c1-6-32(7-2)27(35)24-17(5)31-28-33(25(24)18-8-11-21(30)12-9-18)26(34)23(37-28)15-19-14-20(29)10-13-22(19)36-16(3)4/h8-16,25H,6-7H2,1-5H3/b23-15-/t25-/m0/s1. The minimum absolute atomic E-state index is 0.0178. The first-order valence-corrected chi connectivity index (χ1v) is 14.2. The van der Waals surface area contributed by atoms with Crippen LogP contribution in [0.15, 0.2) is 68.0 Å². The van der Waals surface area contributed by atoms with Crippen LogP contribution in [0.25, 0.3) is 6.08 Å². The van der Waals surface area contributed by atoms with E-state index in [1.807, 2.05) is 71.0 Å². The number of amides is 1. The van der Waals surface area contributed by atoms with E-state index in [0.717, 1.165) is 15.6 Å². The summed E-state index contributed by atoms with van der Waals surface area (Å²) in [4.78, 5) is 34.6. The van der Waals surface area contributed by atoms with Crippen LogP contribution in [0.2, 0.25) is 5.02 Å². The quantitative estimate of drug-likeness (QED) is 0.368. The average molecular weight is 603 g/mol. The molecule has 1 aliphatic heterocycles. The molecule has 1 aromatic heterocycles. The molecule has 2 heterocycles. The minimum atomic E-state index is -0.613. The second kappa shape index (κ2) is 11.4. The zero-order valence-corrected chi connectivity index (χ0v) is 24.6. The van der Waals surface area contributed by atoms with E-state index in [9.17, 15) is 9.59 Å². The molecule has 4 rings (SSSR count). The van der Waals surface area contributed by atoms with Crippen molar-refractivity contribution in [1.29, 1.82) is 0 Å². The Hall–Kier alpha value is -2.68. The molecule has 6 nitrogen and oxygen atoms in total. The number of rotatable bonds is 7. The van der Waals surface area contributed by atoms with Gasteiger partial charge in [0.05, 0.1) is 27.9 Å². The van der Waals surface area contributed by atoms with Crippen LogP contribution >= 0.6 is 38.9 Å². The van der Waals surface area contributed by atoms with Gasteiger partial charge in [-0.2, -0.15) is 0 Å². The molecule has 0 radical (unpaired) electrons. The van der Waals surface area contributed by atoms with Crippen molar-refractivity contribution in [2.45, 2.75) is 46.8 Å². The number of likely N-dealkylation sites (N-methyl/N-ethyl adjacent to an activating group) is 1.